The maximum atomic E-state index is 13.2. The van der Waals surface area contributed by atoms with Crippen LogP contribution in [0.3, 0.4) is 0 Å². The van der Waals surface area contributed by atoms with Crippen LogP contribution in [0.1, 0.15) is 10.4 Å². The number of carbonyl (C=O) groups is 1. The van der Waals surface area contributed by atoms with Gasteiger partial charge in [-0.15, -0.1) is 0 Å². The average Bonchev–Trinajstić information content (AvgIpc) is 2.46. The number of hydrogen-bond acceptors (Lipinski definition) is 3. The summed E-state index contributed by atoms with van der Waals surface area (Å²) in [7, 11) is 1.44. The normalized spacial score (nSPS) is 10.2. The fourth-order valence-corrected chi connectivity index (χ4v) is 1.76. The molecule has 0 saturated carbocycles. The monoisotopic (exact) mass is 292 g/mol. The van der Waals surface area contributed by atoms with Crippen molar-refractivity contribution in [1.29, 1.82) is 0 Å². The Morgan fingerprint density at radius 2 is 1.76 bits per heavy atom. The Bertz CT molecular complexity index is 702. The van der Waals surface area contributed by atoms with E-state index in [1.54, 1.807) is 0 Å². The predicted octanol–water partition coefficient (Wildman–Crippen LogP) is 3.15. The number of anilines is 1. The molecule has 0 saturated heterocycles. The predicted molar refractivity (Wildman–Crippen MR) is 72.2 cm³/mol. The first kappa shape index (κ1) is 14.6. The van der Waals surface area contributed by atoms with Gasteiger partial charge < -0.3 is 4.90 Å². The van der Waals surface area contributed by atoms with Crippen LogP contribution in [-0.2, 0) is 0 Å². The second-order valence-electron chi connectivity index (χ2n) is 4.26. The highest BCUT2D eigenvalue weighted by atomic mass is 19.1. The Balaban J connectivity index is 2.33. The van der Waals surface area contributed by atoms with Crippen LogP contribution >= 0.6 is 0 Å². The van der Waals surface area contributed by atoms with E-state index in [4.69, 9.17) is 0 Å². The van der Waals surface area contributed by atoms with Gasteiger partial charge >= 0.3 is 5.69 Å². The van der Waals surface area contributed by atoms with Crippen molar-refractivity contribution in [3.8, 4) is 0 Å². The molecule has 0 N–H and O–H groups in total. The summed E-state index contributed by atoms with van der Waals surface area (Å²) in [6.07, 6.45) is 0. The summed E-state index contributed by atoms with van der Waals surface area (Å²) >= 11 is 0. The highest BCUT2D eigenvalue weighted by Crippen LogP contribution is 2.21. The van der Waals surface area contributed by atoms with Gasteiger partial charge in [-0.3, -0.25) is 14.9 Å². The van der Waals surface area contributed by atoms with Crippen molar-refractivity contribution < 1.29 is 18.5 Å². The zero-order chi connectivity index (χ0) is 15.6. The highest BCUT2D eigenvalue weighted by Gasteiger charge is 2.20. The third-order valence-electron chi connectivity index (χ3n) is 2.91. The van der Waals surface area contributed by atoms with Gasteiger partial charge in [0, 0.05) is 24.4 Å². The lowest BCUT2D eigenvalue weighted by molar-refractivity contribution is -0.387. The number of halogens is 2. The molecule has 0 aliphatic heterocycles. The van der Waals surface area contributed by atoms with Gasteiger partial charge in [0.05, 0.1) is 4.92 Å². The topological polar surface area (TPSA) is 63.5 Å². The van der Waals surface area contributed by atoms with E-state index in [9.17, 15) is 23.7 Å². The van der Waals surface area contributed by atoms with Gasteiger partial charge in [0.2, 0.25) is 5.82 Å². The van der Waals surface area contributed by atoms with Crippen LogP contribution in [0.2, 0.25) is 0 Å². The molecule has 0 heterocycles. The zero-order valence-electron chi connectivity index (χ0n) is 10.9. The molecule has 0 radical (unpaired) electrons. The molecule has 5 nitrogen and oxygen atoms in total. The summed E-state index contributed by atoms with van der Waals surface area (Å²) in [5.41, 5.74) is -0.392. The minimum absolute atomic E-state index is 0.0325. The van der Waals surface area contributed by atoms with Crippen molar-refractivity contribution in [2.75, 3.05) is 11.9 Å². The van der Waals surface area contributed by atoms with Crippen molar-refractivity contribution in [3.63, 3.8) is 0 Å². The Morgan fingerprint density at radius 1 is 1.14 bits per heavy atom. The van der Waals surface area contributed by atoms with Crippen LogP contribution in [-0.4, -0.2) is 17.9 Å². The van der Waals surface area contributed by atoms with Gasteiger partial charge in [0.25, 0.3) is 5.91 Å². The van der Waals surface area contributed by atoms with E-state index in [0.29, 0.717) is 5.69 Å². The zero-order valence-corrected chi connectivity index (χ0v) is 10.9. The second-order valence-corrected chi connectivity index (χ2v) is 4.26. The van der Waals surface area contributed by atoms with E-state index in [1.807, 2.05) is 0 Å². The molecule has 21 heavy (non-hydrogen) atoms. The number of rotatable bonds is 3. The quantitative estimate of drug-likeness (QED) is 0.645. The average molecular weight is 292 g/mol. The molecule has 0 spiro atoms. The fraction of sp³-hybridized carbons (Fsp3) is 0.0714. The number of nitrogens with zero attached hydrogens (tertiary/aromatic N) is 2. The van der Waals surface area contributed by atoms with Crippen molar-refractivity contribution in [3.05, 3.63) is 69.8 Å². The summed E-state index contributed by atoms with van der Waals surface area (Å²) in [5, 5.41) is 10.7. The molecule has 108 valence electrons. The van der Waals surface area contributed by atoms with E-state index in [2.05, 4.69) is 0 Å². The smallest absolute Gasteiger partial charge is 0.305 e. The third kappa shape index (κ3) is 3.02. The van der Waals surface area contributed by atoms with Crippen LogP contribution in [0.15, 0.2) is 42.5 Å². The summed E-state index contributed by atoms with van der Waals surface area (Å²) in [6, 6.07) is 8.06. The number of amides is 1. The van der Waals surface area contributed by atoms with E-state index in [1.165, 1.54) is 36.2 Å². The Labute approximate surface area is 118 Å². The Kier molecular flexibility index (Phi) is 3.93. The molecule has 0 aliphatic carbocycles. The van der Waals surface area contributed by atoms with Crippen molar-refractivity contribution >= 4 is 17.3 Å². The molecule has 0 atom stereocenters. The minimum Gasteiger partial charge on any atom is -0.311 e. The molecule has 0 unspecified atom stereocenters. The van der Waals surface area contributed by atoms with Crippen LogP contribution in [0, 0.1) is 21.7 Å². The molecule has 0 fully saturated rings. The number of nitro groups is 1. The van der Waals surface area contributed by atoms with Crippen LogP contribution in [0.4, 0.5) is 20.2 Å². The SMILES string of the molecule is CN(C(=O)c1ccc(F)c([N+](=O)[O-])c1)c1ccc(F)cc1. The number of hydrogen-bond donors (Lipinski definition) is 0. The first-order valence-corrected chi connectivity index (χ1v) is 5.87. The molecule has 0 aromatic heterocycles. The van der Waals surface area contributed by atoms with Gasteiger partial charge in [-0.25, -0.2) is 4.39 Å². The standard InChI is InChI=1S/C14H10F2N2O3/c1-17(11-5-3-10(15)4-6-11)14(19)9-2-7-12(16)13(8-9)18(20)21/h2-8H,1H3. The number of carbonyl (C=O) groups excluding carboxylic acids is 1. The van der Waals surface area contributed by atoms with Gasteiger partial charge in [0.1, 0.15) is 5.82 Å². The molecule has 2 aromatic carbocycles. The van der Waals surface area contributed by atoms with E-state index in [0.717, 1.165) is 18.2 Å². The summed E-state index contributed by atoms with van der Waals surface area (Å²) in [4.78, 5) is 23.2. The van der Waals surface area contributed by atoms with Crippen molar-refractivity contribution in [2.24, 2.45) is 0 Å². The molecule has 2 rings (SSSR count). The van der Waals surface area contributed by atoms with Crippen LogP contribution < -0.4 is 4.90 Å². The van der Waals surface area contributed by atoms with Gasteiger partial charge in [-0.2, -0.15) is 4.39 Å². The molecule has 1 amide bonds. The molecule has 2 aromatic rings. The molecular weight excluding hydrogens is 282 g/mol. The lowest BCUT2D eigenvalue weighted by Crippen LogP contribution is -2.26. The Morgan fingerprint density at radius 3 is 2.33 bits per heavy atom. The number of nitro benzene ring substituents is 1. The van der Waals surface area contributed by atoms with E-state index < -0.39 is 28.2 Å². The van der Waals surface area contributed by atoms with E-state index in [-0.39, 0.29) is 5.56 Å². The van der Waals surface area contributed by atoms with Gasteiger partial charge in [-0.05, 0) is 36.4 Å². The van der Waals surface area contributed by atoms with Gasteiger partial charge in [0.15, 0.2) is 0 Å². The number of benzene rings is 2. The maximum Gasteiger partial charge on any atom is 0.305 e. The lowest BCUT2D eigenvalue weighted by Gasteiger charge is -2.17. The molecule has 0 aliphatic rings. The first-order valence-electron chi connectivity index (χ1n) is 5.87. The lowest BCUT2D eigenvalue weighted by atomic mass is 10.1. The molecule has 0 bridgehead atoms. The maximum absolute atomic E-state index is 13.2. The largest absolute Gasteiger partial charge is 0.311 e. The van der Waals surface area contributed by atoms with Crippen LogP contribution in [0.25, 0.3) is 0 Å². The Hall–Kier alpha value is -2.83. The van der Waals surface area contributed by atoms with Gasteiger partial charge in [-0.1, -0.05) is 0 Å². The molecular formula is C14H10F2N2O3. The van der Waals surface area contributed by atoms with Crippen molar-refractivity contribution in [1.82, 2.24) is 0 Å². The third-order valence-corrected chi connectivity index (χ3v) is 2.91. The highest BCUT2D eigenvalue weighted by molar-refractivity contribution is 6.06. The molecule has 7 heteroatoms. The second kappa shape index (κ2) is 5.66. The summed E-state index contributed by atoms with van der Waals surface area (Å²) < 4.78 is 26.1. The van der Waals surface area contributed by atoms with Crippen molar-refractivity contribution in [2.45, 2.75) is 0 Å². The van der Waals surface area contributed by atoms with Crippen LogP contribution in [0.5, 0.6) is 0 Å². The first-order chi connectivity index (χ1) is 9.90. The summed E-state index contributed by atoms with van der Waals surface area (Å²) in [5.74, 6) is -2.03. The minimum atomic E-state index is -1.01. The fourth-order valence-electron chi connectivity index (χ4n) is 1.76. The van der Waals surface area contributed by atoms with E-state index >= 15 is 0 Å². The summed E-state index contributed by atoms with van der Waals surface area (Å²) in [6.45, 7) is 0.